The van der Waals surface area contributed by atoms with E-state index >= 15 is 0 Å². The zero-order chi connectivity index (χ0) is 17.4. The molecule has 3 aromatic rings. The van der Waals surface area contributed by atoms with Gasteiger partial charge in [0.1, 0.15) is 0 Å². The molecule has 2 heterocycles. The highest BCUT2D eigenvalue weighted by atomic mass is 79.9. The standard InChI is InChI=1S/C17H13BrClN3O2S/c18-14-8-7-13(25-14)17(23)22(10-5-6-10)9-15-20-21-16(24-15)11-3-1-2-4-12(11)19/h1-4,7-8,10H,5-6,9H2. The Labute approximate surface area is 161 Å². The molecule has 1 fully saturated rings. The normalized spacial score (nSPS) is 13.8. The second-order valence-electron chi connectivity index (χ2n) is 5.75. The molecule has 1 aromatic carbocycles. The first-order valence-corrected chi connectivity index (χ1v) is 9.74. The molecule has 5 nitrogen and oxygen atoms in total. The van der Waals surface area contributed by atoms with Crippen LogP contribution < -0.4 is 0 Å². The van der Waals surface area contributed by atoms with E-state index in [1.807, 2.05) is 35.2 Å². The lowest BCUT2D eigenvalue weighted by Crippen LogP contribution is -2.32. The molecular formula is C17H13BrClN3O2S. The second kappa shape index (κ2) is 6.90. The third-order valence-corrected chi connectivity index (χ3v) is 5.85. The van der Waals surface area contributed by atoms with E-state index in [9.17, 15) is 4.79 Å². The predicted octanol–water partition coefficient (Wildman–Crippen LogP) is 5.02. The lowest BCUT2D eigenvalue weighted by molar-refractivity contribution is 0.0719. The first-order chi connectivity index (χ1) is 12.1. The maximum absolute atomic E-state index is 12.8. The molecule has 0 radical (unpaired) electrons. The van der Waals surface area contributed by atoms with Crippen molar-refractivity contribution in [2.45, 2.75) is 25.4 Å². The molecule has 8 heteroatoms. The fourth-order valence-corrected chi connectivity index (χ4v) is 4.09. The maximum atomic E-state index is 12.8. The molecule has 1 aliphatic carbocycles. The molecule has 0 aliphatic heterocycles. The highest BCUT2D eigenvalue weighted by Gasteiger charge is 2.34. The van der Waals surface area contributed by atoms with Crippen molar-refractivity contribution < 1.29 is 9.21 Å². The zero-order valence-corrected chi connectivity index (χ0v) is 16.1. The number of carbonyl (C=O) groups excluding carboxylic acids is 1. The van der Waals surface area contributed by atoms with Crippen LogP contribution in [0, 0.1) is 0 Å². The largest absolute Gasteiger partial charge is 0.419 e. The van der Waals surface area contributed by atoms with Crippen molar-refractivity contribution in [3.8, 4) is 11.5 Å². The summed E-state index contributed by atoms with van der Waals surface area (Å²) in [7, 11) is 0. The van der Waals surface area contributed by atoms with Crippen LogP contribution in [-0.4, -0.2) is 27.0 Å². The number of amides is 1. The lowest BCUT2D eigenvalue weighted by atomic mass is 10.2. The van der Waals surface area contributed by atoms with Crippen molar-refractivity contribution in [3.63, 3.8) is 0 Å². The number of carbonyl (C=O) groups is 1. The number of hydrogen-bond donors (Lipinski definition) is 0. The number of aromatic nitrogens is 2. The molecule has 25 heavy (non-hydrogen) atoms. The smallest absolute Gasteiger partial charge is 0.264 e. The number of nitrogens with zero attached hydrogens (tertiary/aromatic N) is 3. The second-order valence-corrected chi connectivity index (χ2v) is 8.62. The van der Waals surface area contributed by atoms with Crippen molar-refractivity contribution in [2.24, 2.45) is 0 Å². The SMILES string of the molecule is O=C(c1ccc(Br)s1)N(Cc1nnc(-c2ccccc2Cl)o1)C1CC1. The van der Waals surface area contributed by atoms with Crippen LogP contribution in [0.1, 0.15) is 28.4 Å². The molecule has 0 atom stereocenters. The molecule has 0 spiro atoms. The quantitative estimate of drug-likeness (QED) is 0.561. The van der Waals surface area contributed by atoms with Crippen molar-refractivity contribution >= 4 is 44.8 Å². The number of rotatable bonds is 5. The zero-order valence-electron chi connectivity index (χ0n) is 13.0. The summed E-state index contributed by atoms with van der Waals surface area (Å²) < 4.78 is 6.68. The predicted molar refractivity (Wildman–Crippen MR) is 99.7 cm³/mol. The Balaban J connectivity index is 1.56. The molecule has 0 unspecified atom stereocenters. The van der Waals surface area contributed by atoms with E-state index in [1.165, 1.54) is 11.3 Å². The molecule has 2 aromatic heterocycles. The minimum Gasteiger partial charge on any atom is -0.419 e. The van der Waals surface area contributed by atoms with Gasteiger partial charge in [-0.3, -0.25) is 4.79 Å². The van der Waals surface area contributed by atoms with E-state index in [2.05, 4.69) is 26.1 Å². The number of halogens is 2. The third-order valence-electron chi connectivity index (χ3n) is 3.91. The van der Waals surface area contributed by atoms with Crippen LogP contribution in [-0.2, 0) is 6.54 Å². The maximum Gasteiger partial charge on any atom is 0.264 e. The average Bonchev–Trinajstić information content (AvgIpc) is 3.18. The first kappa shape index (κ1) is 16.8. The highest BCUT2D eigenvalue weighted by Crippen LogP contribution is 2.33. The van der Waals surface area contributed by atoms with Crippen LogP contribution in [0.15, 0.2) is 44.6 Å². The lowest BCUT2D eigenvalue weighted by Gasteiger charge is -2.19. The summed E-state index contributed by atoms with van der Waals surface area (Å²) in [6.45, 7) is 0.302. The summed E-state index contributed by atoms with van der Waals surface area (Å²) in [6, 6.07) is 11.3. The van der Waals surface area contributed by atoms with Crippen molar-refractivity contribution in [1.82, 2.24) is 15.1 Å². The van der Waals surface area contributed by atoms with Crippen LogP contribution in [0.5, 0.6) is 0 Å². The Morgan fingerprint density at radius 2 is 2.08 bits per heavy atom. The summed E-state index contributed by atoms with van der Waals surface area (Å²) in [5, 5.41) is 8.71. The van der Waals surface area contributed by atoms with E-state index in [4.69, 9.17) is 16.0 Å². The van der Waals surface area contributed by atoms with Crippen LogP contribution in [0.2, 0.25) is 5.02 Å². The Kier molecular flexibility index (Phi) is 4.62. The van der Waals surface area contributed by atoms with E-state index in [0.717, 1.165) is 16.6 Å². The Bertz CT molecular complexity index is 922. The van der Waals surface area contributed by atoms with Crippen LogP contribution in [0.25, 0.3) is 11.5 Å². The van der Waals surface area contributed by atoms with Gasteiger partial charge in [0.2, 0.25) is 11.8 Å². The van der Waals surface area contributed by atoms with Gasteiger partial charge >= 0.3 is 0 Å². The summed E-state index contributed by atoms with van der Waals surface area (Å²) in [5.74, 6) is 0.768. The van der Waals surface area contributed by atoms with Gasteiger partial charge < -0.3 is 9.32 Å². The topological polar surface area (TPSA) is 59.2 Å². The first-order valence-electron chi connectivity index (χ1n) is 7.75. The summed E-state index contributed by atoms with van der Waals surface area (Å²) in [4.78, 5) is 15.3. The summed E-state index contributed by atoms with van der Waals surface area (Å²) in [5.41, 5.74) is 0.689. The van der Waals surface area contributed by atoms with Crippen molar-refractivity contribution in [3.05, 3.63) is 56.0 Å². The van der Waals surface area contributed by atoms with Gasteiger partial charge in [0, 0.05) is 6.04 Å². The fraction of sp³-hybridized carbons (Fsp3) is 0.235. The molecule has 1 saturated carbocycles. The van der Waals surface area contributed by atoms with Gasteiger partial charge in [-0.05, 0) is 53.0 Å². The monoisotopic (exact) mass is 437 g/mol. The van der Waals surface area contributed by atoms with Gasteiger partial charge in [0.15, 0.2) is 0 Å². The summed E-state index contributed by atoms with van der Waals surface area (Å²) in [6.07, 6.45) is 2.01. The molecule has 0 bridgehead atoms. The van der Waals surface area contributed by atoms with E-state index < -0.39 is 0 Å². The molecule has 128 valence electrons. The van der Waals surface area contributed by atoms with Crippen molar-refractivity contribution in [1.29, 1.82) is 0 Å². The van der Waals surface area contributed by atoms with Gasteiger partial charge in [-0.15, -0.1) is 21.5 Å². The Hall–Kier alpha value is -1.70. The van der Waals surface area contributed by atoms with Gasteiger partial charge in [-0.25, -0.2) is 0 Å². The molecule has 1 amide bonds. The molecule has 0 saturated heterocycles. The van der Waals surface area contributed by atoms with E-state index in [1.54, 1.807) is 6.07 Å². The molecular weight excluding hydrogens is 426 g/mol. The highest BCUT2D eigenvalue weighted by molar-refractivity contribution is 9.11. The average molecular weight is 439 g/mol. The minimum absolute atomic E-state index is 0.00399. The molecule has 4 rings (SSSR count). The molecule has 1 aliphatic rings. The van der Waals surface area contributed by atoms with Gasteiger partial charge in [0.05, 0.1) is 25.8 Å². The van der Waals surface area contributed by atoms with E-state index in [0.29, 0.717) is 33.8 Å². The number of benzene rings is 1. The minimum atomic E-state index is -0.00399. The Morgan fingerprint density at radius 1 is 1.28 bits per heavy atom. The van der Waals surface area contributed by atoms with E-state index in [-0.39, 0.29) is 11.9 Å². The number of thiophene rings is 1. The molecule has 0 N–H and O–H groups in total. The fourth-order valence-electron chi connectivity index (χ4n) is 2.53. The Morgan fingerprint density at radius 3 is 2.76 bits per heavy atom. The summed E-state index contributed by atoms with van der Waals surface area (Å²) >= 11 is 11.0. The number of hydrogen-bond acceptors (Lipinski definition) is 5. The third kappa shape index (κ3) is 3.63. The van der Waals surface area contributed by atoms with Gasteiger partial charge in [0.25, 0.3) is 5.91 Å². The van der Waals surface area contributed by atoms with Gasteiger partial charge in [-0.1, -0.05) is 23.7 Å². The van der Waals surface area contributed by atoms with Gasteiger partial charge in [-0.2, -0.15) is 0 Å². The van der Waals surface area contributed by atoms with Crippen LogP contribution in [0.4, 0.5) is 0 Å². The van der Waals surface area contributed by atoms with Crippen LogP contribution >= 0.6 is 38.9 Å². The van der Waals surface area contributed by atoms with Crippen LogP contribution in [0.3, 0.4) is 0 Å². The van der Waals surface area contributed by atoms with Crippen molar-refractivity contribution in [2.75, 3.05) is 0 Å².